The number of nitrogens with one attached hydrogen (secondary N) is 1. The molecule has 0 radical (unpaired) electrons. The van der Waals surface area contributed by atoms with Crippen LogP contribution in [0.2, 0.25) is 0 Å². The number of alkyl halides is 3. The van der Waals surface area contributed by atoms with Gasteiger partial charge in [-0.25, -0.2) is 0 Å². The molecule has 0 aromatic heterocycles. The molecule has 2 amide bonds. The van der Waals surface area contributed by atoms with Gasteiger partial charge in [0.25, 0.3) is 11.5 Å². The van der Waals surface area contributed by atoms with Gasteiger partial charge in [0, 0.05) is 63.4 Å². The molecule has 0 bridgehead atoms. The topological polar surface area (TPSA) is 61.9 Å². The number of methoxy groups -OCH3 is 1. The highest BCUT2D eigenvalue weighted by Crippen LogP contribution is 2.52. The van der Waals surface area contributed by atoms with Crippen molar-refractivity contribution in [3.8, 4) is 0 Å². The summed E-state index contributed by atoms with van der Waals surface area (Å²) in [4.78, 5) is 30.1. The normalized spacial score (nSPS) is 19.9. The van der Waals surface area contributed by atoms with Crippen LogP contribution in [-0.4, -0.2) is 56.2 Å². The van der Waals surface area contributed by atoms with E-state index in [4.69, 9.17) is 4.74 Å². The van der Waals surface area contributed by atoms with Gasteiger partial charge >= 0.3 is 6.18 Å². The number of likely N-dealkylation sites (tertiary alicyclic amines) is 1. The van der Waals surface area contributed by atoms with E-state index in [-0.39, 0.29) is 36.9 Å². The molecule has 0 unspecified atom stereocenters. The molecule has 2 heterocycles. The van der Waals surface area contributed by atoms with E-state index < -0.39 is 23.1 Å². The molecule has 5 rings (SSSR count). The van der Waals surface area contributed by atoms with E-state index >= 15 is 0 Å². The SMILES string of the molecule is CCN(Cc1ccccc1)c1ccccc1[C@@H]1CNC(=O)CC12CCN(C(=O)[C@](OC)(c1ccccc1)C(F)(F)F)CC2. The molecule has 2 fully saturated rings. The Morgan fingerprint density at radius 3 is 2.19 bits per heavy atom. The maximum atomic E-state index is 14.6. The van der Waals surface area contributed by atoms with Gasteiger partial charge in [0.05, 0.1) is 0 Å². The Kier molecular flexibility index (Phi) is 8.83. The number of hydrogen-bond acceptors (Lipinski definition) is 4. The molecule has 3 aromatic carbocycles. The van der Waals surface area contributed by atoms with Crippen molar-refractivity contribution in [1.29, 1.82) is 0 Å². The number of para-hydroxylation sites is 1. The molecule has 2 aliphatic heterocycles. The van der Waals surface area contributed by atoms with Crippen LogP contribution in [0.25, 0.3) is 0 Å². The van der Waals surface area contributed by atoms with Crippen LogP contribution in [0.1, 0.15) is 48.8 Å². The predicted octanol–water partition coefficient (Wildman–Crippen LogP) is 6.03. The van der Waals surface area contributed by atoms with Crippen molar-refractivity contribution >= 4 is 17.5 Å². The summed E-state index contributed by atoms with van der Waals surface area (Å²) in [6.07, 6.45) is -3.90. The maximum Gasteiger partial charge on any atom is 0.430 e. The van der Waals surface area contributed by atoms with Gasteiger partial charge in [0.1, 0.15) is 0 Å². The van der Waals surface area contributed by atoms with E-state index in [9.17, 15) is 22.8 Å². The number of carbonyl (C=O) groups excluding carboxylic acids is 2. The average Bonchev–Trinajstić information content (AvgIpc) is 3.01. The number of carbonyl (C=O) groups is 2. The molecule has 3 aromatic rings. The van der Waals surface area contributed by atoms with Crippen LogP contribution in [0.5, 0.6) is 0 Å². The van der Waals surface area contributed by atoms with Crippen LogP contribution in [-0.2, 0) is 26.5 Å². The Labute approximate surface area is 250 Å². The van der Waals surface area contributed by atoms with E-state index in [1.165, 1.54) is 34.7 Å². The first-order chi connectivity index (χ1) is 20.6. The van der Waals surface area contributed by atoms with Crippen molar-refractivity contribution in [2.45, 2.75) is 50.4 Å². The third-order valence-corrected chi connectivity index (χ3v) is 9.24. The second kappa shape index (κ2) is 12.4. The highest BCUT2D eigenvalue weighted by molar-refractivity contribution is 5.88. The van der Waals surface area contributed by atoms with Crippen LogP contribution in [0, 0.1) is 5.41 Å². The molecule has 0 saturated carbocycles. The monoisotopic (exact) mass is 593 g/mol. The molecule has 1 N–H and O–H groups in total. The van der Waals surface area contributed by atoms with Crippen LogP contribution in [0.15, 0.2) is 84.9 Å². The fourth-order valence-electron chi connectivity index (χ4n) is 6.92. The minimum absolute atomic E-state index is 0.0626. The minimum Gasteiger partial charge on any atom is -0.367 e. The Morgan fingerprint density at radius 2 is 1.58 bits per heavy atom. The molecular weight excluding hydrogens is 555 g/mol. The van der Waals surface area contributed by atoms with Crippen LogP contribution >= 0.6 is 0 Å². The smallest absolute Gasteiger partial charge is 0.367 e. The number of rotatable bonds is 8. The van der Waals surface area contributed by atoms with Crippen LogP contribution < -0.4 is 10.2 Å². The fraction of sp³-hybridized carbons (Fsp3) is 0.412. The molecule has 9 heteroatoms. The van der Waals surface area contributed by atoms with E-state index in [0.717, 1.165) is 31.5 Å². The molecule has 6 nitrogen and oxygen atoms in total. The minimum atomic E-state index is -4.97. The maximum absolute atomic E-state index is 14.6. The number of nitrogens with zero attached hydrogens (tertiary/aromatic N) is 2. The first-order valence-electron chi connectivity index (χ1n) is 14.8. The average molecular weight is 594 g/mol. The van der Waals surface area contributed by atoms with Gasteiger partial charge in [-0.2, -0.15) is 13.2 Å². The Morgan fingerprint density at radius 1 is 0.977 bits per heavy atom. The summed E-state index contributed by atoms with van der Waals surface area (Å²) in [6.45, 7) is 4.23. The highest BCUT2D eigenvalue weighted by Gasteiger charge is 2.64. The first kappa shape index (κ1) is 30.6. The third kappa shape index (κ3) is 5.75. The molecule has 2 atom stereocenters. The van der Waals surface area contributed by atoms with Crippen molar-refractivity contribution in [3.63, 3.8) is 0 Å². The number of piperidine rings is 2. The van der Waals surface area contributed by atoms with Crippen molar-refractivity contribution in [3.05, 3.63) is 102 Å². The van der Waals surface area contributed by atoms with Crippen molar-refractivity contribution in [1.82, 2.24) is 10.2 Å². The number of halogens is 3. The lowest BCUT2D eigenvalue weighted by Gasteiger charge is -2.50. The van der Waals surface area contributed by atoms with Crippen LogP contribution in [0.4, 0.5) is 18.9 Å². The largest absolute Gasteiger partial charge is 0.430 e. The molecule has 0 aliphatic carbocycles. The van der Waals surface area contributed by atoms with E-state index in [0.29, 0.717) is 19.4 Å². The zero-order valence-corrected chi connectivity index (χ0v) is 24.6. The van der Waals surface area contributed by atoms with Gasteiger partial charge in [-0.05, 0) is 42.4 Å². The fourth-order valence-corrected chi connectivity index (χ4v) is 6.92. The zero-order chi connectivity index (χ0) is 30.7. The summed E-state index contributed by atoms with van der Waals surface area (Å²) in [5, 5.41) is 3.04. The number of amides is 2. The number of hydrogen-bond donors (Lipinski definition) is 1. The first-order valence-corrected chi connectivity index (χ1v) is 14.8. The van der Waals surface area contributed by atoms with Gasteiger partial charge in [0.15, 0.2) is 0 Å². The molecule has 2 aliphatic rings. The van der Waals surface area contributed by atoms with Gasteiger partial charge in [-0.1, -0.05) is 78.9 Å². The predicted molar refractivity (Wildman–Crippen MR) is 159 cm³/mol. The van der Waals surface area contributed by atoms with E-state index in [2.05, 4.69) is 41.4 Å². The number of benzene rings is 3. The molecule has 1 spiro atoms. The van der Waals surface area contributed by atoms with Crippen molar-refractivity contribution in [2.24, 2.45) is 5.41 Å². The quantitative estimate of drug-likeness (QED) is 0.347. The van der Waals surface area contributed by atoms with Gasteiger partial charge in [-0.3, -0.25) is 9.59 Å². The number of ether oxygens (including phenoxy) is 1. The summed E-state index contributed by atoms with van der Waals surface area (Å²) in [7, 11) is 0.928. The van der Waals surface area contributed by atoms with Crippen LogP contribution in [0.3, 0.4) is 0 Å². The Balaban J connectivity index is 1.44. The summed E-state index contributed by atoms with van der Waals surface area (Å²) >= 11 is 0. The van der Waals surface area contributed by atoms with Crippen molar-refractivity contribution < 1.29 is 27.5 Å². The second-order valence-electron chi connectivity index (χ2n) is 11.5. The Bertz CT molecular complexity index is 1410. The summed E-state index contributed by atoms with van der Waals surface area (Å²) < 4.78 is 49.0. The number of anilines is 1. The molecule has 228 valence electrons. The van der Waals surface area contributed by atoms with Gasteiger partial charge < -0.3 is 19.9 Å². The molecule has 43 heavy (non-hydrogen) atoms. The highest BCUT2D eigenvalue weighted by atomic mass is 19.4. The van der Waals surface area contributed by atoms with Gasteiger partial charge in [0.2, 0.25) is 5.91 Å². The van der Waals surface area contributed by atoms with Gasteiger partial charge in [-0.15, -0.1) is 0 Å². The second-order valence-corrected chi connectivity index (χ2v) is 11.5. The third-order valence-electron chi connectivity index (χ3n) is 9.24. The lowest BCUT2D eigenvalue weighted by Crippen LogP contribution is -2.60. The lowest BCUT2D eigenvalue weighted by atomic mass is 9.62. The van der Waals surface area contributed by atoms with E-state index in [1.54, 1.807) is 6.07 Å². The van der Waals surface area contributed by atoms with Crippen molar-refractivity contribution in [2.75, 3.05) is 38.2 Å². The molecule has 2 saturated heterocycles. The van der Waals surface area contributed by atoms with E-state index in [1.807, 2.05) is 30.3 Å². The summed E-state index contributed by atoms with van der Waals surface area (Å²) in [5.74, 6) is -1.26. The molecular formula is C34H38F3N3O3. The Hall–Kier alpha value is -3.85. The standard InChI is InChI=1S/C34H38F3N3O3/c1-3-39(24-25-12-6-4-7-13-25)29-17-11-10-16-27(29)28-23-38-30(41)22-32(28)18-20-40(21-19-32)31(42)33(43-2,34(35,36)37)26-14-8-5-9-15-26/h4-17,28H,3,18-24H2,1-2H3,(H,38,41)/t28-,33+/m0/s1. The lowest BCUT2D eigenvalue weighted by molar-refractivity contribution is -0.271. The zero-order valence-electron chi connectivity index (χ0n) is 24.6. The summed E-state index contributed by atoms with van der Waals surface area (Å²) in [5.41, 5.74) is -0.492. The summed E-state index contributed by atoms with van der Waals surface area (Å²) in [6, 6.07) is 25.5.